The molecule has 1 atom stereocenters. The van der Waals surface area contributed by atoms with E-state index in [0.29, 0.717) is 0 Å². The molecule has 0 aliphatic carbocycles. The van der Waals surface area contributed by atoms with Gasteiger partial charge in [0, 0.05) is 4.91 Å². The molecular formula is C7H9O2S-. The standard InChI is InChI=1S/C7H10O2S/c1-3-5-7(6-4-2)10(8)9/h3-6H,1H2,2H3,(H,8,9)/p-1/b6-4-,7-5+. The molecule has 2 nitrogen and oxygen atoms in total. The first-order valence-corrected chi connectivity index (χ1v) is 3.84. The van der Waals surface area contributed by atoms with Crippen molar-refractivity contribution in [3.63, 3.8) is 0 Å². The third-order valence-corrected chi connectivity index (χ3v) is 1.46. The van der Waals surface area contributed by atoms with Gasteiger partial charge in [0.05, 0.1) is 0 Å². The second-order valence-corrected chi connectivity index (χ2v) is 2.48. The van der Waals surface area contributed by atoms with Gasteiger partial charge in [-0.15, -0.1) is 0 Å². The molecule has 3 heteroatoms. The van der Waals surface area contributed by atoms with Crippen LogP contribution < -0.4 is 0 Å². The molecule has 0 aromatic rings. The minimum absolute atomic E-state index is 0.248. The zero-order valence-electron chi connectivity index (χ0n) is 5.74. The smallest absolute Gasteiger partial charge is 0.0245 e. The van der Waals surface area contributed by atoms with Crippen LogP contribution in [0.2, 0.25) is 0 Å². The fourth-order valence-corrected chi connectivity index (χ4v) is 0.902. The van der Waals surface area contributed by atoms with E-state index in [0.717, 1.165) is 0 Å². The molecule has 0 spiro atoms. The van der Waals surface area contributed by atoms with E-state index in [2.05, 4.69) is 6.58 Å². The van der Waals surface area contributed by atoms with Crippen molar-refractivity contribution in [1.82, 2.24) is 0 Å². The maximum atomic E-state index is 10.3. The largest absolute Gasteiger partial charge is 0.768 e. The van der Waals surface area contributed by atoms with Gasteiger partial charge in [0.1, 0.15) is 0 Å². The lowest BCUT2D eigenvalue weighted by Crippen LogP contribution is -1.88. The van der Waals surface area contributed by atoms with Crippen LogP contribution in [0.1, 0.15) is 6.92 Å². The molecule has 0 amide bonds. The number of hydrogen-bond donors (Lipinski definition) is 0. The normalized spacial score (nSPS) is 15.6. The summed E-state index contributed by atoms with van der Waals surface area (Å²) in [5.41, 5.74) is 0. The minimum atomic E-state index is -2.15. The van der Waals surface area contributed by atoms with Crippen LogP contribution in [0.15, 0.2) is 35.8 Å². The third kappa shape index (κ3) is 3.37. The fourth-order valence-electron chi connectivity index (χ4n) is 0.447. The molecule has 56 valence electrons. The minimum Gasteiger partial charge on any atom is -0.768 e. The zero-order valence-corrected chi connectivity index (χ0v) is 6.56. The molecule has 0 aliphatic heterocycles. The molecule has 10 heavy (non-hydrogen) atoms. The van der Waals surface area contributed by atoms with Gasteiger partial charge in [-0.2, -0.15) is 0 Å². The first kappa shape index (κ1) is 9.33. The van der Waals surface area contributed by atoms with E-state index in [4.69, 9.17) is 0 Å². The molecule has 0 radical (unpaired) electrons. The van der Waals surface area contributed by atoms with Gasteiger partial charge in [-0.25, -0.2) is 0 Å². The number of allylic oxidation sites excluding steroid dienone is 4. The van der Waals surface area contributed by atoms with Gasteiger partial charge >= 0.3 is 0 Å². The summed E-state index contributed by atoms with van der Waals surface area (Å²) in [4.78, 5) is 0.248. The Balaban J connectivity index is 4.41. The summed E-state index contributed by atoms with van der Waals surface area (Å²) in [6, 6.07) is 0. The van der Waals surface area contributed by atoms with Crippen molar-refractivity contribution in [2.45, 2.75) is 6.92 Å². The first-order chi connectivity index (χ1) is 4.72. The molecule has 0 heterocycles. The molecule has 0 aromatic carbocycles. The van der Waals surface area contributed by atoms with Crippen molar-refractivity contribution in [2.75, 3.05) is 0 Å². The lowest BCUT2D eigenvalue weighted by molar-refractivity contribution is 0.544. The molecule has 0 bridgehead atoms. The molecule has 1 unspecified atom stereocenters. The highest BCUT2D eigenvalue weighted by Gasteiger charge is 1.86. The van der Waals surface area contributed by atoms with E-state index in [-0.39, 0.29) is 4.91 Å². The van der Waals surface area contributed by atoms with Gasteiger partial charge in [0.15, 0.2) is 0 Å². The van der Waals surface area contributed by atoms with E-state index in [1.807, 2.05) is 0 Å². The Bertz CT molecular complexity index is 192. The van der Waals surface area contributed by atoms with Crippen LogP contribution in [0.25, 0.3) is 0 Å². The average molecular weight is 157 g/mol. The average Bonchev–Trinajstić information content (AvgIpc) is 1.87. The lowest BCUT2D eigenvalue weighted by Gasteiger charge is -2.03. The highest BCUT2D eigenvalue weighted by molar-refractivity contribution is 7.83. The Morgan fingerprint density at radius 1 is 1.70 bits per heavy atom. The van der Waals surface area contributed by atoms with Crippen LogP contribution in [0, 0.1) is 0 Å². The SMILES string of the molecule is C=C/C=C(\C=C/C)S(=O)[O-]. The Hall–Kier alpha value is -0.670. The number of hydrogen-bond acceptors (Lipinski definition) is 2. The Morgan fingerprint density at radius 3 is 2.60 bits per heavy atom. The summed E-state index contributed by atoms with van der Waals surface area (Å²) >= 11 is -2.15. The highest BCUT2D eigenvalue weighted by atomic mass is 32.2. The maximum Gasteiger partial charge on any atom is 0.0245 e. The van der Waals surface area contributed by atoms with Crippen LogP contribution in [-0.4, -0.2) is 8.76 Å². The monoisotopic (exact) mass is 157 g/mol. The van der Waals surface area contributed by atoms with E-state index in [1.165, 1.54) is 18.2 Å². The van der Waals surface area contributed by atoms with Gasteiger partial charge in [0.25, 0.3) is 0 Å². The van der Waals surface area contributed by atoms with Gasteiger partial charge in [-0.1, -0.05) is 24.8 Å². The summed E-state index contributed by atoms with van der Waals surface area (Å²) in [5, 5.41) is 0. The first-order valence-electron chi connectivity index (χ1n) is 2.77. The summed E-state index contributed by atoms with van der Waals surface area (Å²) in [6.45, 7) is 5.14. The summed E-state index contributed by atoms with van der Waals surface area (Å²) in [6.07, 6.45) is 6.03. The third-order valence-electron chi connectivity index (χ3n) is 0.806. The molecule has 0 N–H and O–H groups in total. The van der Waals surface area contributed by atoms with Gasteiger partial charge < -0.3 is 4.55 Å². The van der Waals surface area contributed by atoms with E-state index < -0.39 is 11.1 Å². The lowest BCUT2D eigenvalue weighted by atomic mass is 10.4. The van der Waals surface area contributed by atoms with Crippen LogP contribution in [-0.2, 0) is 11.1 Å². The number of rotatable bonds is 3. The summed E-state index contributed by atoms with van der Waals surface area (Å²) in [7, 11) is 0. The second-order valence-electron chi connectivity index (χ2n) is 1.54. The fraction of sp³-hybridized carbons (Fsp3) is 0.143. The molecule has 0 aromatic heterocycles. The maximum absolute atomic E-state index is 10.3. The van der Waals surface area contributed by atoms with Crippen LogP contribution in [0.4, 0.5) is 0 Å². The Kier molecular flexibility index (Phi) is 4.80. The van der Waals surface area contributed by atoms with Crippen molar-refractivity contribution >= 4 is 11.1 Å². The summed E-state index contributed by atoms with van der Waals surface area (Å²) in [5.74, 6) is 0. The molecular weight excluding hydrogens is 148 g/mol. The molecule has 0 fully saturated rings. The molecule has 0 aliphatic rings. The quantitative estimate of drug-likeness (QED) is 0.460. The van der Waals surface area contributed by atoms with Crippen molar-refractivity contribution < 1.29 is 8.76 Å². The highest BCUT2D eigenvalue weighted by Crippen LogP contribution is 2.00. The topological polar surface area (TPSA) is 40.1 Å². The Morgan fingerprint density at radius 2 is 2.30 bits per heavy atom. The molecule has 0 saturated carbocycles. The van der Waals surface area contributed by atoms with Crippen molar-refractivity contribution in [1.29, 1.82) is 0 Å². The van der Waals surface area contributed by atoms with Gasteiger partial charge in [-0.3, -0.25) is 4.21 Å². The Labute approximate surface area is 63.2 Å². The molecule has 0 rings (SSSR count). The van der Waals surface area contributed by atoms with E-state index in [1.54, 1.807) is 13.0 Å². The second kappa shape index (κ2) is 5.14. The molecule has 0 saturated heterocycles. The van der Waals surface area contributed by atoms with E-state index >= 15 is 0 Å². The predicted molar refractivity (Wildman–Crippen MR) is 42.0 cm³/mol. The van der Waals surface area contributed by atoms with Crippen molar-refractivity contribution in [3.8, 4) is 0 Å². The van der Waals surface area contributed by atoms with Crippen LogP contribution in [0.5, 0.6) is 0 Å². The summed E-state index contributed by atoms with van der Waals surface area (Å²) < 4.78 is 20.6. The van der Waals surface area contributed by atoms with Gasteiger partial charge in [-0.05, 0) is 24.1 Å². The predicted octanol–water partition coefficient (Wildman–Crippen LogP) is 1.51. The van der Waals surface area contributed by atoms with Crippen LogP contribution >= 0.6 is 0 Å². The zero-order chi connectivity index (χ0) is 7.98. The van der Waals surface area contributed by atoms with Crippen molar-refractivity contribution in [3.05, 3.63) is 35.8 Å². The van der Waals surface area contributed by atoms with E-state index in [9.17, 15) is 8.76 Å². The van der Waals surface area contributed by atoms with Gasteiger partial charge in [0.2, 0.25) is 0 Å². The van der Waals surface area contributed by atoms with Crippen LogP contribution in [0.3, 0.4) is 0 Å². The van der Waals surface area contributed by atoms with Crippen molar-refractivity contribution in [2.24, 2.45) is 0 Å².